The van der Waals surface area contributed by atoms with Crippen molar-refractivity contribution in [2.75, 3.05) is 6.54 Å². The average Bonchev–Trinajstić information content (AvgIpc) is 2.35. The molecule has 0 aliphatic heterocycles. The summed E-state index contributed by atoms with van der Waals surface area (Å²) >= 11 is 0. The van der Waals surface area contributed by atoms with Gasteiger partial charge in [-0.1, -0.05) is 17.2 Å². The Labute approximate surface area is 97.1 Å². The second-order valence-electron chi connectivity index (χ2n) is 3.41. The van der Waals surface area contributed by atoms with E-state index in [0.717, 1.165) is 0 Å². The first-order valence-electron chi connectivity index (χ1n) is 4.83. The largest absolute Gasteiger partial charge is 0.390 e. The third-order valence-corrected chi connectivity index (χ3v) is 2.23. The van der Waals surface area contributed by atoms with Crippen molar-refractivity contribution in [1.29, 1.82) is 0 Å². The number of amides is 1. The van der Waals surface area contributed by atoms with Gasteiger partial charge in [0.05, 0.1) is 12.6 Å². The van der Waals surface area contributed by atoms with Gasteiger partial charge in [-0.25, -0.2) is 0 Å². The van der Waals surface area contributed by atoms with Crippen molar-refractivity contribution in [3.63, 3.8) is 0 Å². The van der Waals surface area contributed by atoms with Crippen molar-refractivity contribution in [2.24, 2.45) is 10.8 Å². The van der Waals surface area contributed by atoms with Crippen molar-refractivity contribution in [3.05, 3.63) is 45.8 Å². The molecule has 1 aromatic carbocycles. The van der Waals surface area contributed by atoms with Crippen LogP contribution in [0.5, 0.6) is 0 Å². The Balaban J connectivity index is 2.78. The molecular formula is C10H12N4O3. The lowest BCUT2D eigenvalue weighted by molar-refractivity contribution is 0.0244. The zero-order chi connectivity index (χ0) is 12.8. The predicted octanol–water partition coefficient (Wildman–Crippen LogP) is 0.490. The maximum Gasteiger partial charge on any atom is 0.248 e. The standard InChI is InChI=1S/C10H12N4O3/c11-10(17)7-3-1-6(2-4-7)9(16)8(15)5-13-14-12/h1-4,8-9,15-16H,5H2,(H2,11,17). The van der Waals surface area contributed by atoms with Crippen molar-refractivity contribution in [2.45, 2.75) is 12.2 Å². The molecule has 0 saturated heterocycles. The Bertz CT molecular complexity index is 439. The molecule has 0 heterocycles. The Hall–Kier alpha value is -2.08. The minimum Gasteiger partial charge on any atom is -0.390 e. The summed E-state index contributed by atoms with van der Waals surface area (Å²) in [6.45, 7) is -0.227. The number of primary amides is 1. The zero-order valence-electron chi connectivity index (χ0n) is 8.89. The summed E-state index contributed by atoms with van der Waals surface area (Å²) in [5.41, 5.74) is 13.9. The number of carbonyl (C=O) groups excluding carboxylic acids is 1. The molecule has 0 aliphatic rings. The summed E-state index contributed by atoms with van der Waals surface area (Å²) < 4.78 is 0. The van der Waals surface area contributed by atoms with E-state index in [4.69, 9.17) is 11.3 Å². The maximum absolute atomic E-state index is 10.8. The monoisotopic (exact) mass is 236 g/mol. The molecule has 0 bridgehead atoms. The van der Waals surface area contributed by atoms with Gasteiger partial charge >= 0.3 is 0 Å². The molecule has 7 nitrogen and oxygen atoms in total. The average molecular weight is 236 g/mol. The highest BCUT2D eigenvalue weighted by atomic mass is 16.3. The zero-order valence-corrected chi connectivity index (χ0v) is 8.89. The fraction of sp³-hybridized carbons (Fsp3) is 0.300. The van der Waals surface area contributed by atoms with Crippen molar-refractivity contribution >= 4 is 5.91 Å². The second kappa shape index (κ2) is 5.86. The molecule has 0 saturated carbocycles. The second-order valence-corrected chi connectivity index (χ2v) is 3.41. The lowest BCUT2D eigenvalue weighted by atomic mass is 10.0. The molecule has 0 spiro atoms. The minimum atomic E-state index is -1.19. The van der Waals surface area contributed by atoms with Gasteiger partial charge in [0.2, 0.25) is 5.91 Å². The number of aliphatic hydroxyl groups excluding tert-OH is 2. The van der Waals surface area contributed by atoms with Gasteiger partial charge in [-0.15, -0.1) is 0 Å². The number of benzene rings is 1. The third kappa shape index (κ3) is 3.46. The molecule has 0 aliphatic carbocycles. The minimum absolute atomic E-state index is 0.227. The maximum atomic E-state index is 10.8. The van der Waals surface area contributed by atoms with E-state index >= 15 is 0 Å². The first kappa shape index (κ1) is 13.0. The van der Waals surface area contributed by atoms with Crippen molar-refractivity contribution < 1.29 is 15.0 Å². The first-order chi connectivity index (χ1) is 8.06. The smallest absolute Gasteiger partial charge is 0.248 e. The highest BCUT2D eigenvalue weighted by Gasteiger charge is 2.17. The van der Waals surface area contributed by atoms with Gasteiger partial charge in [-0.2, -0.15) is 0 Å². The first-order valence-corrected chi connectivity index (χ1v) is 4.83. The van der Waals surface area contributed by atoms with Crippen molar-refractivity contribution in [1.82, 2.24) is 0 Å². The fourth-order valence-corrected chi connectivity index (χ4v) is 1.29. The number of carbonyl (C=O) groups is 1. The van der Waals surface area contributed by atoms with E-state index in [0.29, 0.717) is 11.1 Å². The Morgan fingerprint density at radius 2 is 2.00 bits per heavy atom. The van der Waals surface area contributed by atoms with E-state index < -0.39 is 18.1 Å². The molecule has 17 heavy (non-hydrogen) atoms. The third-order valence-electron chi connectivity index (χ3n) is 2.23. The Kier molecular flexibility index (Phi) is 4.47. The van der Waals surface area contributed by atoms with Crippen LogP contribution in [0.15, 0.2) is 29.4 Å². The summed E-state index contributed by atoms with van der Waals surface area (Å²) in [5, 5.41) is 22.3. The van der Waals surface area contributed by atoms with Gasteiger partial charge < -0.3 is 15.9 Å². The number of aliphatic hydroxyl groups is 2. The Morgan fingerprint density at radius 3 is 2.47 bits per heavy atom. The van der Waals surface area contributed by atoms with Crippen molar-refractivity contribution in [3.8, 4) is 0 Å². The highest BCUT2D eigenvalue weighted by Crippen LogP contribution is 2.17. The lowest BCUT2D eigenvalue weighted by Gasteiger charge is -2.16. The van der Waals surface area contributed by atoms with Gasteiger partial charge in [0.1, 0.15) is 6.10 Å². The summed E-state index contributed by atoms with van der Waals surface area (Å²) in [6.07, 6.45) is -2.37. The van der Waals surface area contributed by atoms with Crippen LogP contribution in [0.25, 0.3) is 10.4 Å². The molecule has 0 fully saturated rings. The fourth-order valence-electron chi connectivity index (χ4n) is 1.29. The lowest BCUT2D eigenvalue weighted by Crippen LogP contribution is -2.21. The van der Waals surface area contributed by atoms with Gasteiger partial charge in [0.15, 0.2) is 0 Å². The molecule has 2 atom stereocenters. The molecule has 1 amide bonds. The molecule has 90 valence electrons. The summed E-state index contributed by atoms with van der Waals surface area (Å²) in [5.74, 6) is -0.569. The topological polar surface area (TPSA) is 132 Å². The number of nitrogens with zero attached hydrogens (tertiary/aromatic N) is 3. The molecule has 1 rings (SSSR count). The number of hydrogen-bond acceptors (Lipinski definition) is 4. The number of nitrogens with two attached hydrogens (primary N) is 1. The van der Waals surface area contributed by atoms with Crippen LogP contribution >= 0.6 is 0 Å². The van der Waals surface area contributed by atoms with E-state index in [1.54, 1.807) is 0 Å². The van der Waals surface area contributed by atoms with E-state index in [1.807, 2.05) is 0 Å². The Morgan fingerprint density at radius 1 is 1.41 bits per heavy atom. The van der Waals surface area contributed by atoms with Crippen LogP contribution < -0.4 is 5.73 Å². The highest BCUT2D eigenvalue weighted by molar-refractivity contribution is 5.92. The number of hydrogen-bond donors (Lipinski definition) is 3. The molecule has 0 aromatic heterocycles. The van der Waals surface area contributed by atoms with Gasteiger partial charge in [0, 0.05) is 10.5 Å². The number of rotatable bonds is 5. The molecule has 1 aromatic rings. The van der Waals surface area contributed by atoms with Crippen LogP contribution in [0.3, 0.4) is 0 Å². The predicted molar refractivity (Wildman–Crippen MR) is 59.9 cm³/mol. The van der Waals surface area contributed by atoms with Crippen LogP contribution in [0.4, 0.5) is 0 Å². The molecule has 2 unspecified atom stereocenters. The van der Waals surface area contributed by atoms with E-state index in [9.17, 15) is 15.0 Å². The normalized spacial score (nSPS) is 13.5. The van der Waals surface area contributed by atoms with Gasteiger partial charge in [-0.3, -0.25) is 4.79 Å². The van der Waals surface area contributed by atoms with Gasteiger partial charge in [0.25, 0.3) is 0 Å². The van der Waals surface area contributed by atoms with Crippen LogP contribution in [0, 0.1) is 0 Å². The van der Waals surface area contributed by atoms with Gasteiger partial charge in [-0.05, 0) is 23.2 Å². The van der Waals surface area contributed by atoms with Crippen LogP contribution in [-0.2, 0) is 0 Å². The SMILES string of the molecule is [N-]=[N+]=NCC(O)C(O)c1ccc(C(N)=O)cc1. The molecular weight excluding hydrogens is 224 g/mol. The van der Waals surface area contributed by atoms with Crippen LogP contribution in [0.2, 0.25) is 0 Å². The molecule has 7 heteroatoms. The summed E-state index contributed by atoms with van der Waals surface area (Å²) in [6, 6.07) is 5.84. The summed E-state index contributed by atoms with van der Waals surface area (Å²) in [7, 11) is 0. The molecule has 4 N–H and O–H groups in total. The van der Waals surface area contributed by atoms with E-state index in [1.165, 1.54) is 24.3 Å². The number of azide groups is 1. The molecule has 0 radical (unpaired) electrons. The van der Waals surface area contributed by atoms with Crippen LogP contribution in [0.1, 0.15) is 22.0 Å². The van der Waals surface area contributed by atoms with Crippen LogP contribution in [-0.4, -0.2) is 28.8 Å². The summed E-state index contributed by atoms with van der Waals surface area (Å²) in [4.78, 5) is 13.3. The van der Waals surface area contributed by atoms with E-state index in [2.05, 4.69) is 10.0 Å². The van der Waals surface area contributed by atoms with E-state index in [-0.39, 0.29) is 6.54 Å². The quantitative estimate of drug-likeness (QED) is 0.390.